The van der Waals surface area contributed by atoms with Crippen molar-refractivity contribution in [1.29, 1.82) is 0 Å². The molecule has 0 fully saturated rings. The van der Waals surface area contributed by atoms with Crippen LogP contribution < -0.4 is 5.32 Å². The number of benzene rings is 1. The van der Waals surface area contributed by atoms with Crippen LogP contribution in [-0.2, 0) is 16.2 Å². The zero-order valence-corrected chi connectivity index (χ0v) is 15.3. The molecule has 1 aromatic carbocycles. The summed E-state index contributed by atoms with van der Waals surface area (Å²) in [5, 5.41) is 2.73. The molecule has 0 unspecified atom stereocenters. The van der Waals surface area contributed by atoms with Gasteiger partial charge in [0.15, 0.2) is 0 Å². The Morgan fingerprint density at radius 1 is 1.19 bits per heavy atom. The lowest BCUT2D eigenvalue weighted by atomic mass is 10.2. The maximum atomic E-state index is 12.6. The summed E-state index contributed by atoms with van der Waals surface area (Å²) >= 11 is 5.80. The standard InChI is InChI=1S/C16H15ClF3N3O2S/c1-23(2)26(24,25)13-5-3-12(4-6-13)21-8-7-15-14(17)9-11(10-22-15)16(18,19)20/h3-10,21H,1-2H3/b8-7+. The molecule has 26 heavy (non-hydrogen) atoms. The van der Waals surface area contributed by atoms with Gasteiger partial charge in [-0.15, -0.1) is 0 Å². The van der Waals surface area contributed by atoms with Crippen LogP contribution >= 0.6 is 11.6 Å². The van der Waals surface area contributed by atoms with Crippen molar-refractivity contribution >= 4 is 33.4 Å². The normalized spacial score (nSPS) is 12.7. The summed E-state index contributed by atoms with van der Waals surface area (Å²) in [7, 11) is -0.640. The SMILES string of the molecule is CN(C)S(=O)(=O)c1ccc(N/C=C/c2ncc(C(F)(F)F)cc2Cl)cc1. The number of aromatic nitrogens is 1. The molecule has 0 saturated heterocycles. The monoisotopic (exact) mass is 405 g/mol. The molecule has 5 nitrogen and oxygen atoms in total. The molecule has 1 heterocycles. The van der Waals surface area contributed by atoms with E-state index in [0.29, 0.717) is 11.9 Å². The maximum Gasteiger partial charge on any atom is 0.417 e. The number of pyridine rings is 1. The molecule has 140 valence electrons. The Labute approximate surface area is 154 Å². The molecule has 0 amide bonds. The summed E-state index contributed by atoms with van der Waals surface area (Å²) in [6.07, 6.45) is -0.956. The van der Waals surface area contributed by atoms with Crippen molar-refractivity contribution in [2.75, 3.05) is 19.4 Å². The summed E-state index contributed by atoms with van der Waals surface area (Å²) < 4.78 is 62.7. The summed E-state index contributed by atoms with van der Waals surface area (Å²) in [5.74, 6) is 0. The molecule has 0 aliphatic heterocycles. The number of hydrogen-bond acceptors (Lipinski definition) is 4. The van der Waals surface area contributed by atoms with E-state index in [2.05, 4.69) is 10.3 Å². The molecule has 0 atom stereocenters. The topological polar surface area (TPSA) is 62.3 Å². The van der Waals surface area contributed by atoms with E-state index in [4.69, 9.17) is 11.6 Å². The first-order valence-corrected chi connectivity index (χ1v) is 9.02. The van der Waals surface area contributed by atoms with Gasteiger partial charge in [-0.25, -0.2) is 12.7 Å². The van der Waals surface area contributed by atoms with Crippen molar-refractivity contribution in [1.82, 2.24) is 9.29 Å². The minimum atomic E-state index is -4.51. The van der Waals surface area contributed by atoms with E-state index in [9.17, 15) is 21.6 Å². The lowest BCUT2D eigenvalue weighted by Crippen LogP contribution is -2.22. The number of halogens is 4. The third-order valence-electron chi connectivity index (χ3n) is 3.32. The van der Waals surface area contributed by atoms with Gasteiger partial charge in [0.25, 0.3) is 0 Å². The first kappa shape index (κ1) is 20.2. The van der Waals surface area contributed by atoms with Crippen molar-refractivity contribution in [2.45, 2.75) is 11.1 Å². The Morgan fingerprint density at radius 3 is 2.31 bits per heavy atom. The smallest absolute Gasteiger partial charge is 0.362 e. The van der Waals surface area contributed by atoms with Crippen molar-refractivity contribution in [3.8, 4) is 0 Å². The first-order valence-electron chi connectivity index (χ1n) is 7.20. The van der Waals surface area contributed by atoms with Crippen LogP contribution in [0.1, 0.15) is 11.3 Å². The molecule has 1 N–H and O–H groups in total. The molecule has 0 radical (unpaired) electrons. The number of anilines is 1. The van der Waals surface area contributed by atoms with Crippen molar-refractivity contribution in [3.05, 3.63) is 59.0 Å². The van der Waals surface area contributed by atoms with Crippen LogP contribution in [0.25, 0.3) is 6.08 Å². The van der Waals surface area contributed by atoms with Gasteiger partial charge in [-0.05, 0) is 36.4 Å². The van der Waals surface area contributed by atoms with Crippen LogP contribution in [0.5, 0.6) is 0 Å². The van der Waals surface area contributed by atoms with E-state index >= 15 is 0 Å². The number of rotatable bonds is 5. The minimum Gasteiger partial charge on any atom is -0.362 e. The van der Waals surface area contributed by atoms with Gasteiger partial charge in [-0.1, -0.05) is 11.6 Å². The Balaban J connectivity index is 2.10. The number of hydrogen-bond donors (Lipinski definition) is 1. The fourth-order valence-corrected chi connectivity index (χ4v) is 3.01. The average molecular weight is 406 g/mol. The highest BCUT2D eigenvalue weighted by Gasteiger charge is 2.31. The molecule has 0 aliphatic carbocycles. The van der Waals surface area contributed by atoms with E-state index in [0.717, 1.165) is 10.4 Å². The molecule has 0 saturated carbocycles. The Kier molecular flexibility index (Phi) is 5.94. The van der Waals surface area contributed by atoms with Gasteiger partial charge in [-0.2, -0.15) is 13.2 Å². The fourth-order valence-electron chi connectivity index (χ4n) is 1.88. The van der Waals surface area contributed by atoms with E-state index in [1.165, 1.54) is 38.5 Å². The predicted octanol–water partition coefficient (Wildman–Crippen LogP) is 4.09. The third-order valence-corrected chi connectivity index (χ3v) is 5.45. The van der Waals surface area contributed by atoms with Crippen LogP contribution in [0.4, 0.5) is 18.9 Å². The second-order valence-electron chi connectivity index (χ2n) is 5.38. The van der Waals surface area contributed by atoms with Gasteiger partial charge in [0.05, 0.1) is 21.2 Å². The van der Waals surface area contributed by atoms with E-state index < -0.39 is 21.8 Å². The summed E-state index contributed by atoms with van der Waals surface area (Å²) in [5.41, 5.74) is -0.175. The second kappa shape index (κ2) is 7.65. The molecule has 10 heteroatoms. The van der Waals surface area contributed by atoms with Gasteiger partial charge in [0, 0.05) is 32.2 Å². The quantitative estimate of drug-likeness (QED) is 0.814. The highest BCUT2D eigenvalue weighted by Crippen LogP contribution is 2.31. The second-order valence-corrected chi connectivity index (χ2v) is 7.94. The summed E-state index contributed by atoms with van der Waals surface area (Å²) in [4.78, 5) is 3.82. The Hall–Kier alpha value is -2.10. The molecular formula is C16H15ClF3N3O2S. The third kappa shape index (κ3) is 4.75. The van der Waals surface area contributed by atoms with Crippen molar-refractivity contribution in [3.63, 3.8) is 0 Å². The van der Waals surface area contributed by atoms with Gasteiger partial charge in [-0.3, -0.25) is 4.98 Å². The van der Waals surface area contributed by atoms with Gasteiger partial charge < -0.3 is 5.32 Å². The number of alkyl halides is 3. The van der Waals surface area contributed by atoms with E-state index in [1.54, 1.807) is 12.1 Å². The Bertz CT molecular complexity index is 911. The lowest BCUT2D eigenvalue weighted by Gasteiger charge is -2.11. The van der Waals surface area contributed by atoms with E-state index in [1.807, 2.05) is 0 Å². The average Bonchev–Trinajstić information content (AvgIpc) is 2.55. The largest absolute Gasteiger partial charge is 0.417 e. The molecule has 2 rings (SSSR count). The van der Waals surface area contributed by atoms with Crippen LogP contribution in [0.3, 0.4) is 0 Å². The zero-order valence-electron chi connectivity index (χ0n) is 13.7. The van der Waals surface area contributed by atoms with Crippen LogP contribution in [0.2, 0.25) is 5.02 Å². The molecule has 1 aromatic heterocycles. The van der Waals surface area contributed by atoms with E-state index in [-0.39, 0.29) is 15.6 Å². The summed E-state index contributed by atoms with van der Waals surface area (Å²) in [6, 6.07) is 6.80. The number of nitrogens with one attached hydrogen (secondary N) is 1. The van der Waals surface area contributed by atoms with Crippen LogP contribution in [0, 0.1) is 0 Å². The molecule has 0 bridgehead atoms. The van der Waals surface area contributed by atoms with Crippen LogP contribution in [0.15, 0.2) is 47.6 Å². The van der Waals surface area contributed by atoms with Crippen molar-refractivity contribution in [2.24, 2.45) is 0 Å². The lowest BCUT2D eigenvalue weighted by molar-refractivity contribution is -0.137. The van der Waals surface area contributed by atoms with Crippen molar-refractivity contribution < 1.29 is 21.6 Å². The molecule has 2 aromatic rings. The van der Waals surface area contributed by atoms with Gasteiger partial charge in [0.1, 0.15) is 0 Å². The van der Waals surface area contributed by atoms with Crippen LogP contribution in [-0.4, -0.2) is 31.8 Å². The molecule has 0 aliphatic rings. The first-order chi connectivity index (χ1) is 12.0. The highest BCUT2D eigenvalue weighted by atomic mass is 35.5. The Morgan fingerprint density at radius 2 is 1.81 bits per heavy atom. The number of nitrogens with zero attached hydrogens (tertiary/aromatic N) is 2. The number of sulfonamides is 1. The molecular weight excluding hydrogens is 391 g/mol. The van der Waals surface area contributed by atoms with Gasteiger partial charge in [0.2, 0.25) is 10.0 Å². The predicted molar refractivity (Wildman–Crippen MR) is 94.2 cm³/mol. The van der Waals surface area contributed by atoms with Gasteiger partial charge >= 0.3 is 6.18 Å². The maximum absolute atomic E-state index is 12.6. The zero-order chi connectivity index (χ0) is 19.5. The minimum absolute atomic E-state index is 0.134. The molecule has 0 spiro atoms. The highest BCUT2D eigenvalue weighted by molar-refractivity contribution is 7.89. The summed E-state index contributed by atoms with van der Waals surface area (Å²) in [6.45, 7) is 0. The fraction of sp³-hybridized carbons (Fsp3) is 0.188.